The first-order chi connectivity index (χ1) is 11.1. The molecule has 5 heteroatoms. The van der Waals surface area contributed by atoms with Crippen molar-refractivity contribution in [2.45, 2.75) is 6.42 Å². The number of carboxylic acids is 1. The van der Waals surface area contributed by atoms with Crippen molar-refractivity contribution in [3.63, 3.8) is 0 Å². The Morgan fingerprint density at radius 2 is 2.00 bits per heavy atom. The van der Waals surface area contributed by atoms with Crippen LogP contribution in [0.25, 0.3) is 11.1 Å². The first-order valence-electron chi connectivity index (χ1n) is 7.37. The summed E-state index contributed by atoms with van der Waals surface area (Å²) in [6, 6.07) is 15.1. The Labute approximate surface area is 134 Å². The predicted molar refractivity (Wildman–Crippen MR) is 86.5 cm³/mol. The van der Waals surface area contributed by atoms with Crippen molar-refractivity contribution >= 4 is 17.6 Å². The highest BCUT2D eigenvalue weighted by Gasteiger charge is 2.35. The van der Waals surface area contributed by atoms with Gasteiger partial charge in [0.2, 0.25) is 5.91 Å². The Hall–Kier alpha value is -2.82. The van der Waals surface area contributed by atoms with Crippen LogP contribution in [-0.4, -0.2) is 30.6 Å². The standard InChI is InChI=1S/C18H17NO4/c1-23-14-6-4-5-12(9-14)15-7-2-3-8-16(15)19-11-13(18(21)22)10-17(19)20/h2-9,13H,10-11H2,1H3,(H,21,22). The van der Waals surface area contributed by atoms with E-state index < -0.39 is 11.9 Å². The number of hydrogen-bond acceptors (Lipinski definition) is 3. The van der Waals surface area contributed by atoms with Crippen molar-refractivity contribution in [1.29, 1.82) is 0 Å². The molecule has 1 heterocycles. The fraction of sp³-hybridized carbons (Fsp3) is 0.222. The largest absolute Gasteiger partial charge is 0.497 e. The molecule has 1 saturated heterocycles. The van der Waals surface area contributed by atoms with Crippen LogP contribution in [-0.2, 0) is 9.59 Å². The van der Waals surface area contributed by atoms with E-state index in [0.29, 0.717) is 0 Å². The summed E-state index contributed by atoms with van der Waals surface area (Å²) in [5.74, 6) is -1.01. The molecule has 1 atom stereocenters. The summed E-state index contributed by atoms with van der Waals surface area (Å²) >= 11 is 0. The lowest BCUT2D eigenvalue weighted by atomic mass is 10.0. The first-order valence-corrected chi connectivity index (χ1v) is 7.37. The van der Waals surface area contributed by atoms with E-state index in [0.717, 1.165) is 22.6 Å². The smallest absolute Gasteiger partial charge is 0.308 e. The number of carbonyl (C=O) groups is 2. The molecule has 23 heavy (non-hydrogen) atoms. The minimum absolute atomic E-state index is 0.0434. The van der Waals surface area contributed by atoms with Crippen molar-refractivity contribution in [2.24, 2.45) is 5.92 Å². The van der Waals surface area contributed by atoms with Crippen molar-refractivity contribution in [1.82, 2.24) is 0 Å². The molecular weight excluding hydrogens is 294 g/mol. The monoisotopic (exact) mass is 311 g/mol. The molecule has 0 aliphatic carbocycles. The summed E-state index contributed by atoms with van der Waals surface area (Å²) in [4.78, 5) is 25.0. The number of amides is 1. The lowest BCUT2D eigenvalue weighted by Gasteiger charge is -2.20. The summed E-state index contributed by atoms with van der Waals surface area (Å²) in [5, 5.41) is 9.15. The topological polar surface area (TPSA) is 66.8 Å². The number of rotatable bonds is 4. The molecule has 0 spiro atoms. The van der Waals surface area contributed by atoms with Crippen LogP contribution in [0.1, 0.15) is 6.42 Å². The molecule has 0 aromatic heterocycles. The maximum absolute atomic E-state index is 12.2. The van der Waals surface area contributed by atoms with Crippen LogP contribution in [0.2, 0.25) is 0 Å². The number of nitrogens with zero attached hydrogens (tertiary/aromatic N) is 1. The van der Waals surface area contributed by atoms with Gasteiger partial charge in [0.15, 0.2) is 0 Å². The Kier molecular flexibility index (Phi) is 4.02. The van der Waals surface area contributed by atoms with Crippen LogP contribution in [0, 0.1) is 5.92 Å². The number of anilines is 1. The number of carboxylic acid groups (broad SMARTS) is 1. The average molecular weight is 311 g/mol. The maximum Gasteiger partial charge on any atom is 0.308 e. The zero-order chi connectivity index (χ0) is 16.4. The molecule has 0 bridgehead atoms. The summed E-state index contributed by atoms with van der Waals surface area (Å²) < 4.78 is 5.25. The third-order valence-electron chi connectivity index (χ3n) is 4.05. The molecule has 0 saturated carbocycles. The van der Waals surface area contributed by atoms with Gasteiger partial charge in [-0.25, -0.2) is 0 Å². The first kappa shape index (κ1) is 15.1. The minimum Gasteiger partial charge on any atom is -0.497 e. The van der Waals surface area contributed by atoms with Gasteiger partial charge in [-0.2, -0.15) is 0 Å². The maximum atomic E-state index is 12.2. The van der Waals surface area contributed by atoms with E-state index in [2.05, 4.69) is 0 Å². The van der Waals surface area contributed by atoms with Crippen LogP contribution in [0.4, 0.5) is 5.69 Å². The van der Waals surface area contributed by atoms with E-state index >= 15 is 0 Å². The number of carbonyl (C=O) groups excluding carboxylic acids is 1. The SMILES string of the molecule is COc1cccc(-c2ccccc2N2CC(C(=O)O)CC2=O)c1. The zero-order valence-electron chi connectivity index (χ0n) is 12.7. The highest BCUT2D eigenvalue weighted by Crippen LogP contribution is 2.35. The van der Waals surface area contributed by atoms with Gasteiger partial charge in [0.25, 0.3) is 0 Å². The van der Waals surface area contributed by atoms with E-state index in [4.69, 9.17) is 9.84 Å². The van der Waals surface area contributed by atoms with Crippen LogP contribution in [0.15, 0.2) is 48.5 Å². The number of hydrogen-bond donors (Lipinski definition) is 1. The van der Waals surface area contributed by atoms with Crippen LogP contribution >= 0.6 is 0 Å². The van der Waals surface area contributed by atoms with E-state index in [1.807, 2.05) is 48.5 Å². The molecule has 3 rings (SSSR count). The Morgan fingerprint density at radius 1 is 1.22 bits per heavy atom. The molecule has 1 fully saturated rings. The molecule has 1 amide bonds. The fourth-order valence-corrected chi connectivity index (χ4v) is 2.85. The molecule has 1 unspecified atom stereocenters. The van der Waals surface area contributed by atoms with Crippen LogP contribution < -0.4 is 9.64 Å². The van der Waals surface area contributed by atoms with Crippen molar-refractivity contribution < 1.29 is 19.4 Å². The van der Waals surface area contributed by atoms with E-state index in [9.17, 15) is 9.59 Å². The van der Waals surface area contributed by atoms with Crippen molar-refractivity contribution in [3.05, 3.63) is 48.5 Å². The lowest BCUT2D eigenvalue weighted by Crippen LogP contribution is -2.26. The summed E-state index contributed by atoms with van der Waals surface area (Å²) in [6.45, 7) is 0.204. The van der Waals surface area contributed by atoms with E-state index in [1.165, 1.54) is 0 Å². The molecule has 0 radical (unpaired) electrons. The highest BCUT2D eigenvalue weighted by molar-refractivity contribution is 6.02. The number of methoxy groups -OCH3 is 1. The Morgan fingerprint density at radius 3 is 2.70 bits per heavy atom. The normalized spacial score (nSPS) is 17.3. The zero-order valence-corrected chi connectivity index (χ0v) is 12.7. The Balaban J connectivity index is 2.01. The second-order valence-electron chi connectivity index (χ2n) is 5.49. The molecule has 2 aromatic carbocycles. The van der Waals surface area contributed by atoms with Crippen molar-refractivity contribution in [2.75, 3.05) is 18.6 Å². The lowest BCUT2D eigenvalue weighted by molar-refractivity contribution is -0.141. The predicted octanol–water partition coefficient (Wildman–Crippen LogP) is 2.80. The number of para-hydroxylation sites is 1. The number of aliphatic carboxylic acids is 1. The molecule has 1 N–H and O–H groups in total. The molecular formula is C18H17NO4. The van der Waals surface area contributed by atoms with Gasteiger partial charge < -0.3 is 14.7 Å². The van der Waals surface area contributed by atoms with Crippen LogP contribution in [0.5, 0.6) is 5.75 Å². The van der Waals surface area contributed by atoms with E-state index in [1.54, 1.807) is 12.0 Å². The summed E-state index contributed by atoms with van der Waals surface area (Å²) in [6.07, 6.45) is 0.0434. The second-order valence-corrected chi connectivity index (χ2v) is 5.49. The van der Waals surface area contributed by atoms with Gasteiger partial charge in [0, 0.05) is 18.5 Å². The summed E-state index contributed by atoms with van der Waals surface area (Å²) in [5.41, 5.74) is 2.53. The van der Waals surface area contributed by atoms with Gasteiger partial charge in [-0.3, -0.25) is 9.59 Å². The molecule has 118 valence electrons. The number of benzene rings is 2. The second kappa shape index (κ2) is 6.12. The van der Waals surface area contributed by atoms with Gasteiger partial charge in [-0.15, -0.1) is 0 Å². The van der Waals surface area contributed by atoms with Crippen LogP contribution in [0.3, 0.4) is 0 Å². The number of ether oxygens (including phenoxy) is 1. The third kappa shape index (κ3) is 2.90. The molecule has 1 aliphatic heterocycles. The van der Waals surface area contributed by atoms with E-state index in [-0.39, 0.29) is 18.9 Å². The van der Waals surface area contributed by atoms with Gasteiger partial charge in [0.05, 0.1) is 18.7 Å². The van der Waals surface area contributed by atoms with Crippen molar-refractivity contribution in [3.8, 4) is 16.9 Å². The van der Waals surface area contributed by atoms with Gasteiger partial charge in [-0.05, 0) is 23.8 Å². The molecule has 2 aromatic rings. The average Bonchev–Trinajstić information content (AvgIpc) is 2.97. The van der Waals surface area contributed by atoms with Gasteiger partial charge >= 0.3 is 5.97 Å². The molecule has 1 aliphatic rings. The fourth-order valence-electron chi connectivity index (χ4n) is 2.85. The minimum atomic E-state index is -0.931. The third-order valence-corrected chi connectivity index (χ3v) is 4.05. The summed E-state index contributed by atoms with van der Waals surface area (Å²) in [7, 11) is 1.60. The quantitative estimate of drug-likeness (QED) is 0.943. The Bertz CT molecular complexity index is 756. The van der Waals surface area contributed by atoms with Gasteiger partial charge in [0.1, 0.15) is 5.75 Å². The molecule has 5 nitrogen and oxygen atoms in total. The van der Waals surface area contributed by atoms with Gasteiger partial charge in [-0.1, -0.05) is 30.3 Å². The highest BCUT2D eigenvalue weighted by atomic mass is 16.5.